The minimum Gasteiger partial charge on any atom is -0.376 e. The molecule has 10 heteroatoms. The van der Waals surface area contributed by atoms with Crippen LogP contribution in [-0.4, -0.2) is 78.2 Å². The number of rotatable bonds is 5. The monoisotopic (exact) mass is 513 g/mol. The lowest BCUT2D eigenvalue weighted by molar-refractivity contribution is -0.128. The van der Waals surface area contributed by atoms with E-state index in [1.807, 2.05) is 0 Å². The summed E-state index contributed by atoms with van der Waals surface area (Å²) in [6.45, 7) is 1.53. The molecule has 1 N–H and O–H groups in total. The van der Waals surface area contributed by atoms with Crippen molar-refractivity contribution in [1.29, 1.82) is 0 Å². The molecule has 3 aliphatic heterocycles. The number of likely N-dealkylation sites (tertiary alicyclic amines) is 1. The van der Waals surface area contributed by atoms with Crippen LogP contribution in [0.5, 0.6) is 0 Å². The van der Waals surface area contributed by atoms with Crippen LogP contribution in [0.1, 0.15) is 46.4 Å². The Morgan fingerprint density at radius 1 is 0.973 bits per heavy atom. The summed E-state index contributed by atoms with van der Waals surface area (Å²) in [5.74, 6) is -2.10. The molecule has 5 rings (SSSR count). The maximum Gasteiger partial charge on any atom is 0.256 e. The number of hydrogen-bond donors (Lipinski definition) is 1. The number of hydrogen-bond acceptors (Lipinski definition) is 5. The number of nitrogens with zero attached hydrogens (tertiary/aromatic N) is 2. The topological polar surface area (TPSA) is 88.2 Å². The number of piperidine rings is 1. The van der Waals surface area contributed by atoms with Gasteiger partial charge < -0.3 is 19.7 Å². The third-order valence-electron chi connectivity index (χ3n) is 7.30. The van der Waals surface area contributed by atoms with E-state index in [-0.39, 0.29) is 56.0 Å². The van der Waals surface area contributed by atoms with Crippen molar-refractivity contribution < 1.29 is 32.6 Å². The van der Waals surface area contributed by atoms with E-state index in [1.54, 1.807) is 4.90 Å². The van der Waals surface area contributed by atoms with Gasteiger partial charge in [-0.05, 0) is 55.3 Å². The number of ether oxygens (including phenoxy) is 2. The summed E-state index contributed by atoms with van der Waals surface area (Å²) in [6.07, 6.45) is 2.28. The summed E-state index contributed by atoms with van der Waals surface area (Å²) >= 11 is 0. The van der Waals surface area contributed by atoms with E-state index < -0.39 is 29.3 Å². The van der Waals surface area contributed by atoms with Gasteiger partial charge in [0.25, 0.3) is 11.8 Å². The Bertz CT molecular complexity index is 1160. The third-order valence-corrected chi connectivity index (χ3v) is 7.30. The van der Waals surface area contributed by atoms with Gasteiger partial charge in [-0.2, -0.15) is 0 Å². The van der Waals surface area contributed by atoms with E-state index in [9.17, 15) is 23.2 Å². The second kappa shape index (κ2) is 10.5. The highest BCUT2D eigenvalue weighted by Crippen LogP contribution is 2.39. The molecule has 2 atom stereocenters. The molecule has 1 spiro atoms. The van der Waals surface area contributed by atoms with Crippen LogP contribution >= 0.6 is 0 Å². The van der Waals surface area contributed by atoms with Gasteiger partial charge in [0.15, 0.2) is 0 Å². The van der Waals surface area contributed by atoms with Gasteiger partial charge in [-0.25, -0.2) is 8.78 Å². The smallest absolute Gasteiger partial charge is 0.256 e. The summed E-state index contributed by atoms with van der Waals surface area (Å²) in [6, 6.07) is 9.77. The Morgan fingerprint density at radius 2 is 1.73 bits per heavy atom. The fourth-order valence-corrected chi connectivity index (χ4v) is 5.30. The van der Waals surface area contributed by atoms with Crippen LogP contribution in [0, 0.1) is 11.6 Å². The molecular weight excluding hydrogens is 484 g/mol. The van der Waals surface area contributed by atoms with Crippen molar-refractivity contribution in [2.45, 2.75) is 43.6 Å². The highest BCUT2D eigenvalue weighted by molar-refractivity contribution is 5.98. The van der Waals surface area contributed by atoms with Crippen molar-refractivity contribution >= 4 is 17.7 Å². The maximum atomic E-state index is 14.0. The number of benzene rings is 2. The second-order valence-electron chi connectivity index (χ2n) is 9.64. The first-order chi connectivity index (χ1) is 17.9. The average molecular weight is 514 g/mol. The van der Waals surface area contributed by atoms with Crippen LogP contribution in [0.15, 0.2) is 48.5 Å². The highest BCUT2D eigenvalue weighted by atomic mass is 19.1. The summed E-state index contributed by atoms with van der Waals surface area (Å²) < 4.78 is 39.0. The molecule has 196 valence electrons. The predicted octanol–water partition coefficient (Wildman–Crippen LogP) is 2.73. The Kier molecular flexibility index (Phi) is 7.21. The highest BCUT2D eigenvalue weighted by Gasteiger charge is 2.54. The van der Waals surface area contributed by atoms with Crippen LogP contribution in [0.25, 0.3) is 0 Å². The molecule has 2 aromatic carbocycles. The first kappa shape index (κ1) is 25.3. The van der Waals surface area contributed by atoms with Gasteiger partial charge in [0.2, 0.25) is 5.91 Å². The van der Waals surface area contributed by atoms with Crippen LogP contribution in [0.2, 0.25) is 0 Å². The fourth-order valence-electron chi connectivity index (χ4n) is 5.30. The van der Waals surface area contributed by atoms with E-state index in [2.05, 4.69) is 5.32 Å². The summed E-state index contributed by atoms with van der Waals surface area (Å²) in [4.78, 5) is 42.9. The molecule has 3 saturated heterocycles. The van der Waals surface area contributed by atoms with E-state index in [1.165, 1.54) is 47.4 Å². The van der Waals surface area contributed by atoms with Crippen molar-refractivity contribution in [3.05, 3.63) is 71.3 Å². The molecule has 3 fully saturated rings. The Hall–Kier alpha value is -3.37. The lowest BCUT2D eigenvalue weighted by Crippen LogP contribution is -2.60. The zero-order valence-electron chi connectivity index (χ0n) is 20.3. The zero-order valence-corrected chi connectivity index (χ0v) is 20.3. The zero-order chi connectivity index (χ0) is 26.0. The molecule has 37 heavy (non-hydrogen) atoms. The van der Waals surface area contributed by atoms with Crippen LogP contribution in [0.3, 0.4) is 0 Å². The number of amides is 3. The molecule has 3 aliphatic rings. The summed E-state index contributed by atoms with van der Waals surface area (Å²) in [5, 5.41) is 2.88. The molecule has 3 amide bonds. The average Bonchev–Trinajstić information content (AvgIpc) is 3.56. The largest absolute Gasteiger partial charge is 0.376 e. The normalized spacial score (nSPS) is 22.9. The second-order valence-corrected chi connectivity index (χ2v) is 9.64. The molecular formula is C27H29F2N3O5. The van der Waals surface area contributed by atoms with Gasteiger partial charge in [0.1, 0.15) is 23.4 Å². The Balaban J connectivity index is 1.34. The van der Waals surface area contributed by atoms with Crippen molar-refractivity contribution in [3.8, 4) is 0 Å². The minimum absolute atomic E-state index is 0.00960. The quantitative estimate of drug-likeness (QED) is 0.665. The van der Waals surface area contributed by atoms with Gasteiger partial charge >= 0.3 is 0 Å². The standard InChI is InChI=1S/C27H29F2N3O5/c28-20-8-6-18(7-9-20)25(34)31-12-10-27(11-13-31)32(26(35)19-3-1-4-21(29)15-19)23(17-37-27)24(33)30-16-22-5-2-14-36-22/h1,3-4,6-9,15,22-23H,2,5,10-14,16-17H2,(H,30,33)/t22-,23+/m1/s1. The van der Waals surface area contributed by atoms with Gasteiger partial charge in [0.05, 0.1) is 12.7 Å². The number of carbonyl (C=O) groups is 3. The van der Waals surface area contributed by atoms with Gasteiger partial charge in [-0.3, -0.25) is 19.3 Å². The predicted molar refractivity (Wildman–Crippen MR) is 129 cm³/mol. The summed E-state index contributed by atoms with van der Waals surface area (Å²) in [5.41, 5.74) is -0.634. The van der Waals surface area contributed by atoms with Crippen LogP contribution < -0.4 is 5.32 Å². The lowest BCUT2D eigenvalue weighted by atomic mass is 9.96. The van der Waals surface area contributed by atoms with E-state index >= 15 is 0 Å². The fraction of sp³-hybridized carbons (Fsp3) is 0.444. The van der Waals surface area contributed by atoms with Crippen LogP contribution in [0.4, 0.5) is 8.78 Å². The van der Waals surface area contributed by atoms with Crippen LogP contribution in [-0.2, 0) is 14.3 Å². The van der Waals surface area contributed by atoms with Gasteiger partial charge in [-0.1, -0.05) is 6.07 Å². The summed E-state index contributed by atoms with van der Waals surface area (Å²) in [7, 11) is 0. The van der Waals surface area contributed by atoms with E-state index in [4.69, 9.17) is 9.47 Å². The number of nitrogens with one attached hydrogen (secondary N) is 1. The van der Waals surface area contributed by atoms with Gasteiger partial charge in [0, 0.05) is 50.2 Å². The molecule has 0 unspecified atom stereocenters. The Labute approximate surface area is 213 Å². The molecule has 0 bridgehead atoms. The maximum absolute atomic E-state index is 14.0. The van der Waals surface area contributed by atoms with Crippen molar-refractivity contribution in [2.75, 3.05) is 32.8 Å². The molecule has 0 radical (unpaired) electrons. The number of halogens is 2. The van der Waals surface area contributed by atoms with Crippen molar-refractivity contribution in [1.82, 2.24) is 15.1 Å². The van der Waals surface area contributed by atoms with E-state index in [0.29, 0.717) is 18.7 Å². The first-order valence-corrected chi connectivity index (χ1v) is 12.5. The molecule has 0 saturated carbocycles. The molecule has 2 aromatic rings. The lowest BCUT2D eigenvalue weighted by Gasteiger charge is -2.44. The number of carbonyl (C=O) groups excluding carboxylic acids is 3. The molecule has 3 heterocycles. The first-order valence-electron chi connectivity index (χ1n) is 12.5. The molecule has 0 aromatic heterocycles. The van der Waals surface area contributed by atoms with Gasteiger partial charge in [-0.15, -0.1) is 0 Å². The molecule has 8 nitrogen and oxygen atoms in total. The van der Waals surface area contributed by atoms with E-state index in [0.717, 1.165) is 18.9 Å². The minimum atomic E-state index is -1.12. The third kappa shape index (κ3) is 5.21. The van der Waals surface area contributed by atoms with Crippen molar-refractivity contribution in [3.63, 3.8) is 0 Å². The SMILES string of the molecule is O=C(NC[C@H]1CCCO1)[C@@H]1COC2(CCN(C(=O)c3ccc(F)cc3)CC2)N1C(=O)c1cccc(F)c1. The van der Waals surface area contributed by atoms with Crippen molar-refractivity contribution in [2.24, 2.45) is 0 Å². The molecule has 0 aliphatic carbocycles. The Morgan fingerprint density at radius 3 is 2.41 bits per heavy atom.